The van der Waals surface area contributed by atoms with Crippen molar-refractivity contribution < 1.29 is 28.7 Å². The maximum Gasteiger partial charge on any atom is 0.407 e. The average Bonchev–Trinajstić information content (AvgIpc) is 4.31. The highest BCUT2D eigenvalue weighted by Gasteiger charge is 2.43. The number of ether oxygens (including phenoxy) is 2. The molecule has 0 radical (unpaired) electrons. The van der Waals surface area contributed by atoms with Crippen molar-refractivity contribution in [3.05, 3.63) is 95.8 Å². The molecule has 4 heterocycles. The number of nitrogens with one attached hydrogen (secondary N) is 4. The van der Waals surface area contributed by atoms with Crippen LogP contribution < -0.4 is 10.6 Å². The zero-order valence-corrected chi connectivity index (χ0v) is 42.7. The van der Waals surface area contributed by atoms with Crippen LogP contribution in [0.25, 0.3) is 44.8 Å². The maximum atomic E-state index is 14.2. The third kappa shape index (κ3) is 10.0. The van der Waals surface area contributed by atoms with Gasteiger partial charge in [-0.2, -0.15) is 0 Å². The minimum Gasteiger partial charge on any atom is -0.453 e. The smallest absolute Gasteiger partial charge is 0.407 e. The molecule has 384 valence electrons. The van der Waals surface area contributed by atoms with Crippen molar-refractivity contribution in [3.8, 4) is 44.8 Å². The summed E-state index contributed by atoms with van der Waals surface area (Å²) in [7, 11) is 2.70. The van der Waals surface area contributed by atoms with Crippen molar-refractivity contribution >= 4 is 24.0 Å². The highest BCUT2D eigenvalue weighted by molar-refractivity contribution is 5.87. The number of amides is 4. The van der Waals surface area contributed by atoms with E-state index < -0.39 is 24.3 Å². The lowest BCUT2D eigenvalue weighted by Crippen LogP contribution is -2.52. The number of methoxy groups -OCH3 is 2. The second-order valence-corrected chi connectivity index (χ2v) is 22.1. The zero-order chi connectivity index (χ0) is 50.1. The Morgan fingerprint density at radius 1 is 0.562 bits per heavy atom. The lowest BCUT2D eigenvalue weighted by atomic mass is 9.83. The van der Waals surface area contributed by atoms with E-state index in [1.807, 2.05) is 22.2 Å². The summed E-state index contributed by atoms with van der Waals surface area (Å²) in [5, 5.41) is 5.81. The van der Waals surface area contributed by atoms with Crippen LogP contribution in [0.15, 0.2) is 73.1 Å². The molecule has 5 aromatic rings. The standard InChI is InChI=1S/C59H72N8O6/c1-72-57(70)64-51(41-13-5-3-6-14-41)55(68)66-29-11-17-49(66)53-60-35-47(62-53)39-23-19-37(20-24-39)43-31-44-33-59(27-9-10-28-59)34-46(44)45(32-43)38-21-25-40(26-22-38)48-36-61-54(63-48)50-18-12-30-67(50)56(69)52(65-58(71)73-2)42-15-7-4-8-16-42/h19-26,31-32,35-36,41-42,49-52H,3-18,27-30,33-34H2,1-2H3,(H,60,62)(H,61,63)(H,64,70)(H,65,71)/t49-,50-,51-,52-/m0/s1. The molecule has 4 aliphatic carbocycles. The second kappa shape index (κ2) is 21.2. The summed E-state index contributed by atoms with van der Waals surface area (Å²) in [5.74, 6) is 1.65. The van der Waals surface area contributed by atoms with E-state index in [-0.39, 0.29) is 35.7 Å². The summed E-state index contributed by atoms with van der Waals surface area (Å²) >= 11 is 0. The Morgan fingerprint density at radius 3 is 1.51 bits per heavy atom. The van der Waals surface area contributed by atoms with Crippen LogP contribution in [0.5, 0.6) is 0 Å². The van der Waals surface area contributed by atoms with Crippen molar-refractivity contribution in [2.75, 3.05) is 27.3 Å². The largest absolute Gasteiger partial charge is 0.453 e. The molecule has 6 aliphatic rings. The third-order valence-electron chi connectivity index (χ3n) is 17.7. The van der Waals surface area contributed by atoms with E-state index >= 15 is 0 Å². The number of imidazole rings is 2. The molecule has 14 nitrogen and oxygen atoms in total. The molecule has 4 N–H and O–H groups in total. The molecular weight excluding hydrogens is 917 g/mol. The van der Waals surface area contributed by atoms with Gasteiger partial charge in [-0.3, -0.25) is 9.59 Å². The Morgan fingerprint density at radius 2 is 1.03 bits per heavy atom. The first-order valence-corrected chi connectivity index (χ1v) is 27.4. The highest BCUT2D eigenvalue weighted by atomic mass is 16.5. The first-order chi connectivity index (χ1) is 35.7. The van der Waals surface area contributed by atoms with Gasteiger partial charge in [-0.15, -0.1) is 0 Å². The molecule has 73 heavy (non-hydrogen) atoms. The molecule has 2 aromatic heterocycles. The Hall–Kier alpha value is -6.44. The molecule has 2 saturated heterocycles. The number of H-pyrrole nitrogens is 2. The fourth-order valence-corrected chi connectivity index (χ4v) is 13.9. The molecule has 11 rings (SSSR count). The van der Waals surface area contributed by atoms with Crippen molar-refractivity contribution in [3.63, 3.8) is 0 Å². The number of hydrogen-bond donors (Lipinski definition) is 4. The number of fused-ring (bicyclic) bond motifs is 1. The first kappa shape index (κ1) is 48.8. The summed E-state index contributed by atoms with van der Waals surface area (Å²) < 4.78 is 9.91. The van der Waals surface area contributed by atoms with Crippen LogP contribution in [-0.4, -0.2) is 93.1 Å². The van der Waals surface area contributed by atoms with Gasteiger partial charge >= 0.3 is 12.2 Å². The number of likely N-dealkylation sites (tertiary alicyclic amines) is 2. The van der Waals surface area contributed by atoms with E-state index in [4.69, 9.17) is 19.4 Å². The molecule has 0 unspecified atom stereocenters. The Kier molecular flexibility index (Phi) is 14.2. The van der Waals surface area contributed by atoms with Gasteiger partial charge in [-0.05, 0) is 145 Å². The Balaban J connectivity index is 0.813. The van der Waals surface area contributed by atoms with Gasteiger partial charge in [0.1, 0.15) is 23.7 Å². The number of benzene rings is 3. The van der Waals surface area contributed by atoms with Crippen molar-refractivity contribution in [1.29, 1.82) is 0 Å². The summed E-state index contributed by atoms with van der Waals surface area (Å²) in [6, 6.07) is 20.9. The van der Waals surface area contributed by atoms with Crippen LogP contribution in [0, 0.1) is 17.3 Å². The Bertz CT molecular complexity index is 2780. The predicted molar refractivity (Wildman–Crippen MR) is 280 cm³/mol. The average molecular weight is 989 g/mol. The second-order valence-electron chi connectivity index (χ2n) is 22.1. The minimum atomic E-state index is -0.604. The van der Waals surface area contributed by atoms with Gasteiger partial charge in [0.25, 0.3) is 0 Å². The number of aromatic nitrogens is 4. The molecular formula is C59H72N8O6. The molecule has 3 saturated carbocycles. The number of carbonyl (C=O) groups excluding carboxylic acids is 4. The fraction of sp³-hybridized carbons (Fsp3) is 0.525. The lowest BCUT2D eigenvalue weighted by Gasteiger charge is -2.34. The summed E-state index contributed by atoms with van der Waals surface area (Å²) in [6.45, 7) is 1.26. The number of rotatable bonds is 12. The third-order valence-corrected chi connectivity index (χ3v) is 17.7. The molecule has 5 fully saturated rings. The van der Waals surface area contributed by atoms with Crippen molar-refractivity contribution in [1.82, 2.24) is 40.4 Å². The fourth-order valence-electron chi connectivity index (χ4n) is 13.9. The van der Waals surface area contributed by atoms with E-state index in [0.717, 1.165) is 142 Å². The monoisotopic (exact) mass is 989 g/mol. The van der Waals surface area contributed by atoms with Gasteiger partial charge in [0.2, 0.25) is 11.8 Å². The molecule has 4 atom stereocenters. The van der Waals surface area contributed by atoms with Gasteiger partial charge in [0, 0.05) is 13.1 Å². The van der Waals surface area contributed by atoms with Gasteiger partial charge < -0.3 is 39.9 Å². The maximum absolute atomic E-state index is 14.2. The molecule has 2 aliphatic heterocycles. The minimum absolute atomic E-state index is 0.0445. The highest BCUT2D eigenvalue weighted by Crippen LogP contribution is 2.52. The molecule has 4 amide bonds. The first-order valence-electron chi connectivity index (χ1n) is 27.4. The van der Waals surface area contributed by atoms with Gasteiger partial charge in [-0.1, -0.05) is 106 Å². The summed E-state index contributed by atoms with van der Waals surface area (Å²) in [4.78, 5) is 74.0. The quantitative estimate of drug-likeness (QED) is 0.0955. The van der Waals surface area contributed by atoms with E-state index in [1.165, 1.54) is 67.7 Å². The van der Waals surface area contributed by atoms with Gasteiger partial charge in [0.05, 0.1) is 50.1 Å². The van der Waals surface area contributed by atoms with E-state index in [9.17, 15) is 19.2 Å². The number of hydrogen-bond acceptors (Lipinski definition) is 8. The lowest BCUT2D eigenvalue weighted by molar-refractivity contribution is -0.136. The van der Waals surface area contributed by atoms with Crippen molar-refractivity contribution in [2.45, 2.75) is 153 Å². The molecule has 0 bridgehead atoms. The van der Waals surface area contributed by atoms with Crippen LogP contribution in [0.2, 0.25) is 0 Å². The Labute approximate surface area is 429 Å². The molecule has 14 heteroatoms. The molecule has 1 spiro atoms. The van der Waals surface area contributed by atoms with Crippen LogP contribution in [0.3, 0.4) is 0 Å². The van der Waals surface area contributed by atoms with Crippen LogP contribution in [-0.2, 0) is 31.9 Å². The van der Waals surface area contributed by atoms with Gasteiger partial charge in [0.15, 0.2) is 0 Å². The van der Waals surface area contributed by atoms with Gasteiger partial charge in [-0.25, -0.2) is 19.6 Å². The summed E-state index contributed by atoms with van der Waals surface area (Å²) in [6.07, 6.45) is 23.7. The number of nitrogens with zero attached hydrogens (tertiary/aromatic N) is 4. The topological polar surface area (TPSA) is 175 Å². The van der Waals surface area contributed by atoms with Crippen LogP contribution >= 0.6 is 0 Å². The number of alkyl carbamates (subject to hydrolysis) is 2. The van der Waals surface area contributed by atoms with E-state index in [2.05, 4.69) is 81.3 Å². The summed E-state index contributed by atoms with van der Waals surface area (Å²) in [5.41, 5.74) is 12.0. The number of carbonyl (C=O) groups is 4. The predicted octanol–water partition coefficient (Wildman–Crippen LogP) is 11.4. The number of aromatic amines is 2. The van der Waals surface area contributed by atoms with Crippen molar-refractivity contribution in [2.24, 2.45) is 17.3 Å². The molecule has 3 aromatic carbocycles. The van der Waals surface area contributed by atoms with E-state index in [0.29, 0.717) is 18.5 Å². The van der Waals surface area contributed by atoms with Crippen LogP contribution in [0.4, 0.5) is 9.59 Å². The SMILES string of the molecule is COC(=O)N[C@H](C(=O)N1CCC[C@H]1c1ncc(-c2ccc(-c3cc4c(c(-c5ccc(-c6cnc([C@@H]7CCCN7C(=O)[C@@H](NC(=O)OC)C7CCCCC7)[nH]6)cc5)c3)CC3(CCCC3)C4)cc2)[nH]1)C1CCCCC1. The zero-order valence-electron chi connectivity index (χ0n) is 42.7. The van der Waals surface area contributed by atoms with E-state index in [1.54, 1.807) is 0 Å². The normalized spacial score (nSPS) is 21.8. The van der Waals surface area contributed by atoms with Crippen LogP contribution in [0.1, 0.15) is 150 Å².